The van der Waals surface area contributed by atoms with E-state index in [-0.39, 0.29) is 10.6 Å². The van der Waals surface area contributed by atoms with Crippen molar-refractivity contribution in [3.05, 3.63) is 89.0 Å². The smallest absolute Gasteiger partial charge is 0.261 e. The van der Waals surface area contributed by atoms with Crippen LogP contribution >= 0.6 is 11.6 Å². The number of hydrogen-bond donors (Lipinski definition) is 2. The molecule has 0 unspecified atom stereocenters. The van der Waals surface area contributed by atoms with Gasteiger partial charge in [-0.1, -0.05) is 23.7 Å². The van der Waals surface area contributed by atoms with E-state index in [0.29, 0.717) is 10.7 Å². The molecule has 0 aliphatic heterocycles. The van der Waals surface area contributed by atoms with Crippen LogP contribution in [0.1, 0.15) is 10.4 Å². The first kappa shape index (κ1) is 19.8. The van der Waals surface area contributed by atoms with Crippen LogP contribution in [-0.2, 0) is 10.0 Å². The highest BCUT2D eigenvalue weighted by molar-refractivity contribution is 7.92. The number of rotatable bonds is 5. The molecule has 0 saturated heterocycles. The molecule has 0 atom stereocenters. The number of nitrogens with one attached hydrogen (secondary N) is 2. The fraction of sp³-hybridized carbons (Fsp3) is 0. The Balaban J connectivity index is 1.82. The van der Waals surface area contributed by atoms with Gasteiger partial charge in [0, 0.05) is 16.4 Å². The van der Waals surface area contributed by atoms with Crippen LogP contribution in [-0.4, -0.2) is 14.3 Å². The van der Waals surface area contributed by atoms with Crippen molar-refractivity contribution < 1.29 is 22.0 Å². The minimum atomic E-state index is -3.94. The fourth-order valence-corrected chi connectivity index (χ4v) is 3.58. The maximum atomic E-state index is 13.7. The van der Waals surface area contributed by atoms with Gasteiger partial charge in [0.2, 0.25) is 0 Å². The largest absolute Gasteiger partial charge is 0.322 e. The van der Waals surface area contributed by atoms with Crippen LogP contribution in [0.3, 0.4) is 0 Å². The maximum Gasteiger partial charge on any atom is 0.261 e. The first-order valence-electron chi connectivity index (χ1n) is 7.90. The van der Waals surface area contributed by atoms with Gasteiger partial charge in [-0.05, 0) is 54.6 Å². The summed E-state index contributed by atoms with van der Waals surface area (Å²) in [5, 5.41) is 2.81. The van der Waals surface area contributed by atoms with Crippen LogP contribution in [0.15, 0.2) is 71.6 Å². The molecule has 1 amide bonds. The molecule has 144 valence electrons. The first-order chi connectivity index (χ1) is 13.3. The van der Waals surface area contributed by atoms with Crippen LogP contribution < -0.4 is 10.0 Å². The van der Waals surface area contributed by atoms with Gasteiger partial charge in [0.1, 0.15) is 0 Å². The number of amides is 1. The third-order valence-corrected chi connectivity index (χ3v) is 5.33. The molecule has 28 heavy (non-hydrogen) atoms. The van der Waals surface area contributed by atoms with Crippen LogP contribution in [0, 0.1) is 11.6 Å². The summed E-state index contributed by atoms with van der Waals surface area (Å²) in [5.74, 6) is -3.35. The van der Waals surface area contributed by atoms with Crippen molar-refractivity contribution in [2.75, 3.05) is 10.0 Å². The van der Waals surface area contributed by atoms with Gasteiger partial charge in [-0.25, -0.2) is 17.2 Å². The summed E-state index contributed by atoms with van der Waals surface area (Å²) in [4.78, 5) is 12.1. The van der Waals surface area contributed by atoms with Crippen molar-refractivity contribution in [1.29, 1.82) is 0 Å². The lowest BCUT2D eigenvalue weighted by molar-refractivity contribution is 0.102. The summed E-state index contributed by atoms with van der Waals surface area (Å²) >= 11 is 5.77. The molecule has 5 nitrogen and oxygen atoms in total. The molecule has 0 bridgehead atoms. The normalized spacial score (nSPS) is 11.1. The van der Waals surface area contributed by atoms with E-state index in [2.05, 4.69) is 10.0 Å². The number of halogens is 3. The van der Waals surface area contributed by atoms with Gasteiger partial charge in [-0.15, -0.1) is 0 Å². The Kier molecular flexibility index (Phi) is 5.62. The van der Waals surface area contributed by atoms with E-state index in [4.69, 9.17) is 11.6 Å². The van der Waals surface area contributed by atoms with Gasteiger partial charge in [0.25, 0.3) is 15.9 Å². The third-order valence-electron chi connectivity index (χ3n) is 3.69. The van der Waals surface area contributed by atoms with Crippen molar-refractivity contribution in [1.82, 2.24) is 0 Å². The van der Waals surface area contributed by atoms with E-state index in [9.17, 15) is 22.0 Å². The van der Waals surface area contributed by atoms with E-state index in [1.165, 1.54) is 54.6 Å². The van der Waals surface area contributed by atoms with E-state index < -0.39 is 33.1 Å². The molecule has 0 fully saturated rings. The highest BCUT2D eigenvalue weighted by atomic mass is 35.5. The molecule has 0 heterocycles. The van der Waals surface area contributed by atoms with Crippen molar-refractivity contribution in [2.45, 2.75) is 4.90 Å². The van der Waals surface area contributed by atoms with Crippen LogP contribution in [0.5, 0.6) is 0 Å². The van der Waals surface area contributed by atoms with E-state index >= 15 is 0 Å². The van der Waals surface area contributed by atoms with E-state index in [1.54, 1.807) is 0 Å². The molecule has 2 N–H and O–H groups in total. The molecule has 0 radical (unpaired) electrons. The van der Waals surface area contributed by atoms with Gasteiger partial charge in [-0.2, -0.15) is 0 Å². The number of sulfonamides is 1. The zero-order chi connectivity index (χ0) is 20.3. The average molecular weight is 423 g/mol. The van der Waals surface area contributed by atoms with Gasteiger partial charge in [0.05, 0.1) is 10.5 Å². The summed E-state index contributed by atoms with van der Waals surface area (Å²) in [6.07, 6.45) is 0. The molecule has 0 saturated carbocycles. The molecule has 3 aromatic carbocycles. The topological polar surface area (TPSA) is 75.3 Å². The van der Waals surface area contributed by atoms with Crippen LogP contribution in [0.4, 0.5) is 20.2 Å². The standard InChI is InChI=1S/C19H13ClF2N2O3S/c20-12-7-9-13(10-8-12)24-28(26,27)15-4-1-3-14(11-15)23-19(25)16-5-2-6-17(21)18(16)22/h1-11,24H,(H,23,25). The number of anilines is 2. The quantitative estimate of drug-likeness (QED) is 0.627. The number of carbonyl (C=O) groups excluding carboxylic acids is 1. The molecule has 3 rings (SSSR count). The second-order valence-electron chi connectivity index (χ2n) is 5.70. The monoisotopic (exact) mass is 422 g/mol. The molecular formula is C19H13ClF2N2O3S. The van der Waals surface area contributed by atoms with E-state index in [0.717, 1.165) is 12.1 Å². The number of carbonyl (C=O) groups is 1. The van der Waals surface area contributed by atoms with Gasteiger partial charge in [0.15, 0.2) is 11.6 Å². The summed E-state index contributed by atoms with van der Waals surface area (Å²) in [6.45, 7) is 0. The average Bonchev–Trinajstić information content (AvgIpc) is 2.66. The lowest BCUT2D eigenvalue weighted by atomic mass is 10.2. The predicted octanol–water partition coefficient (Wildman–Crippen LogP) is 4.67. The lowest BCUT2D eigenvalue weighted by Gasteiger charge is -2.11. The summed E-state index contributed by atoms with van der Waals surface area (Å²) in [6, 6.07) is 14.6. The molecule has 0 aromatic heterocycles. The Morgan fingerprint density at radius 1 is 0.893 bits per heavy atom. The fourth-order valence-electron chi connectivity index (χ4n) is 2.35. The summed E-state index contributed by atoms with van der Waals surface area (Å²) in [7, 11) is -3.94. The first-order valence-corrected chi connectivity index (χ1v) is 9.76. The Bertz CT molecular complexity index is 1140. The summed E-state index contributed by atoms with van der Waals surface area (Å²) < 4.78 is 54.5. The Morgan fingerprint density at radius 2 is 1.57 bits per heavy atom. The molecule has 0 aliphatic rings. The van der Waals surface area contributed by atoms with Gasteiger partial charge < -0.3 is 5.32 Å². The molecule has 0 aliphatic carbocycles. The second kappa shape index (κ2) is 7.95. The van der Waals surface area contributed by atoms with Gasteiger partial charge in [-0.3, -0.25) is 9.52 Å². The molecule has 9 heteroatoms. The minimum absolute atomic E-state index is 0.104. The molecule has 3 aromatic rings. The number of benzene rings is 3. The Labute approximate surface area is 165 Å². The highest BCUT2D eigenvalue weighted by Gasteiger charge is 2.18. The maximum absolute atomic E-state index is 13.7. The zero-order valence-electron chi connectivity index (χ0n) is 14.1. The summed E-state index contributed by atoms with van der Waals surface area (Å²) in [5.41, 5.74) is -0.0825. The highest BCUT2D eigenvalue weighted by Crippen LogP contribution is 2.21. The lowest BCUT2D eigenvalue weighted by Crippen LogP contribution is -2.16. The molecular weight excluding hydrogens is 410 g/mol. The van der Waals surface area contributed by atoms with Crippen LogP contribution in [0.25, 0.3) is 0 Å². The Morgan fingerprint density at radius 3 is 2.29 bits per heavy atom. The van der Waals surface area contributed by atoms with Crippen molar-refractivity contribution in [2.24, 2.45) is 0 Å². The van der Waals surface area contributed by atoms with Gasteiger partial charge >= 0.3 is 0 Å². The third kappa shape index (κ3) is 4.47. The molecule has 0 spiro atoms. The predicted molar refractivity (Wildman–Crippen MR) is 103 cm³/mol. The van der Waals surface area contributed by atoms with Crippen LogP contribution in [0.2, 0.25) is 5.02 Å². The van der Waals surface area contributed by atoms with E-state index in [1.807, 2.05) is 0 Å². The Hall–Kier alpha value is -2.97. The van der Waals surface area contributed by atoms with Crippen molar-refractivity contribution >= 4 is 38.9 Å². The zero-order valence-corrected chi connectivity index (χ0v) is 15.7. The second-order valence-corrected chi connectivity index (χ2v) is 7.81. The van der Waals surface area contributed by atoms with Crippen molar-refractivity contribution in [3.63, 3.8) is 0 Å². The minimum Gasteiger partial charge on any atom is -0.322 e. The number of hydrogen-bond acceptors (Lipinski definition) is 3. The SMILES string of the molecule is O=C(Nc1cccc(S(=O)(=O)Nc2ccc(Cl)cc2)c1)c1cccc(F)c1F. The van der Waals surface area contributed by atoms with Crippen molar-refractivity contribution in [3.8, 4) is 0 Å².